The Morgan fingerprint density at radius 2 is 1.93 bits per heavy atom. The summed E-state index contributed by atoms with van der Waals surface area (Å²) in [6.45, 7) is 2.70. The first-order chi connectivity index (χ1) is 14.5. The van der Waals surface area contributed by atoms with E-state index >= 15 is 0 Å². The number of benzene rings is 2. The molecule has 0 spiro atoms. The van der Waals surface area contributed by atoms with E-state index in [9.17, 15) is 4.39 Å². The Morgan fingerprint density at radius 1 is 1.20 bits per heavy atom. The van der Waals surface area contributed by atoms with Crippen molar-refractivity contribution in [3.8, 4) is 11.4 Å². The van der Waals surface area contributed by atoms with Gasteiger partial charge in [-0.2, -0.15) is 5.10 Å². The maximum atomic E-state index is 13.4. The van der Waals surface area contributed by atoms with Crippen molar-refractivity contribution in [1.29, 1.82) is 0 Å². The Kier molecular flexibility index (Phi) is 6.63. The molecule has 5 nitrogen and oxygen atoms in total. The van der Waals surface area contributed by atoms with E-state index in [1.807, 2.05) is 40.6 Å². The van der Waals surface area contributed by atoms with Crippen LogP contribution in [0.25, 0.3) is 11.4 Å². The fourth-order valence-corrected chi connectivity index (χ4v) is 4.07. The highest BCUT2D eigenvalue weighted by atomic mass is 35.5. The molecule has 158 valence electrons. The molecule has 8 heteroatoms. The standard InChI is InChI=1S/C22H24ClFN4OS/c1-26(13-16-4-8-18(23)9-5-16)15-28-22(30)27(14-20-3-2-12-29-20)21(25-28)17-6-10-19(24)11-7-17/h4-11,20H,2-3,12-15H2,1H3. The maximum absolute atomic E-state index is 13.4. The lowest BCUT2D eigenvalue weighted by Crippen LogP contribution is -2.23. The first-order valence-electron chi connectivity index (χ1n) is 9.98. The van der Waals surface area contributed by atoms with Gasteiger partial charge in [0.1, 0.15) is 5.82 Å². The highest BCUT2D eigenvalue weighted by Crippen LogP contribution is 2.22. The van der Waals surface area contributed by atoms with Gasteiger partial charge in [-0.3, -0.25) is 9.47 Å². The maximum Gasteiger partial charge on any atom is 0.199 e. The van der Waals surface area contributed by atoms with Gasteiger partial charge in [0, 0.05) is 23.7 Å². The van der Waals surface area contributed by atoms with E-state index in [1.165, 1.54) is 12.1 Å². The van der Waals surface area contributed by atoms with Gasteiger partial charge in [0.2, 0.25) is 0 Å². The van der Waals surface area contributed by atoms with E-state index in [2.05, 4.69) is 4.90 Å². The van der Waals surface area contributed by atoms with E-state index in [-0.39, 0.29) is 11.9 Å². The number of ether oxygens (including phenoxy) is 1. The van der Waals surface area contributed by atoms with Gasteiger partial charge in [0.25, 0.3) is 0 Å². The van der Waals surface area contributed by atoms with Crippen LogP contribution < -0.4 is 0 Å². The summed E-state index contributed by atoms with van der Waals surface area (Å²) in [4.78, 5) is 2.14. The lowest BCUT2D eigenvalue weighted by Gasteiger charge is -2.16. The zero-order valence-corrected chi connectivity index (χ0v) is 18.4. The molecule has 3 aromatic rings. The van der Waals surface area contributed by atoms with Gasteiger partial charge in [-0.1, -0.05) is 23.7 Å². The van der Waals surface area contributed by atoms with Crippen LogP contribution in [0.3, 0.4) is 0 Å². The minimum Gasteiger partial charge on any atom is -0.376 e. The Balaban J connectivity index is 1.59. The fourth-order valence-electron chi connectivity index (χ4n) is 3.68. The van der Waals surface area contributed by atoms with Crippen LogP contribution in [-0.4, -0.2) is 39.0 Å². The van der Waals surface area contributed by atoms with E-state index in [0.29, 0.717) is 18.0 Å². The molecule has 0 N–H and O–H groups in total. The van der Waals surface area contributed by atoms with Gasteiger partial charge >= 0.3 is 0 Å². The number of halogens is 2. The lowest BCUT2D eigenvalue weighted by molar-refractivity contribution is 0.0967. The smallest absolute Gasteiger partial charge is 0.199 e. The molecular weight excluding hydrogens is 423 g/mol. The zero-order chi connectivity index (χ0) is 21.1. The number of aromatic nitrogens is 3. The van der Waals surface area contributed by atoms with E-state index in [0.717, 1.165) is 48.0 Å². The molecule has 0 amide bonds. The Hall–Kier alpha value is -2.06. The zero-order valence-electron chi connectivity index (χ0n) is 16.8. The van der Waals surface area contributed by atoms with Crippen LogP contribution in [0.5, 0.6) is 0 Å². The minimum absolute atomic E-state index is 0.125. The third-order valence-electron chi connectivity index (χ3n) is 5.18. The van der Waals surface area contributed by atoms with Gasteiger partial charge in [-0.25, -0.2) is 9.07 Å². The van der Waals surface area contributed by atoms with Crippen LogP contribution in [0.15, 0.2) is 48.5 Å². The summed E-state index contributed by atoms with van der Waals surface area (Å²) in [5.41, 5.74) is 1.99. The van der Waals surface area contributed by atoms with Crippen molar-refractivity contribution < 1.29 is 9.13 Å². The summed E-state index contributed by atoms with van der Waals surface area (Å²) in [6.07, 6.45) is 2.19. The van der Waals surface area contributed by atoms with E-state index < -0.39 is 0 Å². The largest absolute Gasteiger partial charge is 0.376 e. The quantitative estimate of drug-likeness (QED) is 0.470. The van der Waals surface area contributed by atoms with Crippen molar-refractivity contribution in [3.05, 3.63) is 69.7 Å². The van der Waals surface area contributed by atoms with Crippen LogP contribution in [-0.2, 0) is 24.5 Å². The van der Waals surface area contributed by atoms with Crippen molar-refractivity contribution in [2.75, 3.05) is 13.7 Å². The van der Waals surface area contributed by atoms with Crippen LogP contribution in [0.4, 0.5) is 4.39 Å². The molecule has 0 radical (unpaired) electrons. The average molecular weight is 447 g/mol. The fraction of sp³-hybridized carbons (Fsp3) is 0.364. The third-order valence-corrected chi connectivity index (χ3v) is 5.86. The van der Waals surface area contributed by atoms with Crippen LogP contribution in [0, 0.1) is 10.6 Å². The molecule has 0 saturated carbocycles. The van der Waals surface area contributed by atoms with Gasteiger partial charge in [-0.15, -0.1) is 0 Å². The molecule has 1 aromatic heterocycles. The molecule has 1 atom stereocenters. The van der Waals surface area contributed by atoms with Crippen molar-refractivity contribution in [2.45, 2.75) is 38.7 Å². The first kappa shape index (κ1) is 21.2. The van der Waals surface area contributed by atoms with Crippen molar-refractivity contribution in [1.82, 2.24) is 19.2 Å². The van der Waals surface area contributed by atoms with Gasteiger partial charge in [0.05, 0.1) is 19.3 Å². The summed E-state index contributed by atoms with van der Waals surface area (Å²) >= 11 is 11.7. The van der Waals surface area contributed by atoms with Gasteiger partial charge in [-0.05, 0) is 74.1 Å². The number of hydrogen-bond acceptors (Lipinski definition) is 4. The van der Waals surface area contributed by atoms with Gasteiger partial charge in [0.15, 0.2) is 10.6 Å². The molecule has 30 heavy (non-hydrogen) atoms. The number of rotatable bonds is 7. The molecule has 0 bridgehead atoms. The molecule has 1 saturated heterocycles. The second kappa shape index (κ2) is 9.39. The second-order valence-electron chi connectivity index (χ2n) is 7.64. The molecule has 1 fully saturated rings. The van der Waals surface area contributed by atoms with Crippen LogP contribution in [0.1, 0.15) is 18.4 Å². The highest BCUT2D eigenvalue weighted by Gasteiger charge is 2.21. The first-order valence-corrected chi connectivity index (χ1v) is 10.8. The van der Waals surface area contributed by atoms with Crippen molar-refractivity contribution >= 4 is 23.8 Å². The monoisotopic (exact) mass is 446 g/mol. The Morgan fingerprint density at radius 3 is 2.60 bits per heavy atom. The topological polar surface area (TPSA) is 35.2 Å². The van der Waals surface area contributed by atoms with E-state index in [4.69, 9.17) is 33.7 Å². The van der Waals surface area contributed by atoms with Crippen molar-refractivity contribution in [3.63, 3.8) is 0 Å². The SMILES string of the molecule is CN(Cc1ccc(Cl)cc1)Cn1nc(-c2ccc(F)cc2)n(CC2CCCO2)c1=S. The number of hydrogen-bond donors (Lipinski definition) is 0. The van der Waals surface area contributed by atoms with Gasteiger partial charge < -0.3 is 4.74 Å². The molecule has 2 heterocycles. The summed E-state index contributed by atoms with van der Waals surface area (Å²) in [5, 5.41) is 5.50. The summed E-state index contributed by atoms with van der Waals surface area (Å²) < 4.78 is 23.7. The number of nitrogens with zero attached hydrogens (tertiary/aromatic N) is 4. The molecular formula is C22H24ClFN4OS. The van der Waals surface area contributed by atoms with Crippen molar-refractivity contribution in [2.24, 2.45) is 0 Å². The third kappa shape index (κ3) is 4.98. The lowest BCUT2D eigenvalue weighted by atomic mass is 10.2. The molecule has 1 aliphatic heterocycles. The molecule has 2 aromatic carbocycles. The predicted molar refractivity (Wildman–Crippen MR) is 118 cm³/mol. The summed E-state index contributed by atoms with van der Waals surface area (Å²) in [6, 6.07) is 14.2. The predicted octanol–water partition coefficient (Wildman–Crippen LogP) is 5.14. The van der Waals surface area contributed by atoms with E-state index in [1.54, 1.807) is 12.1 Å². The summed E-state index contributed by atoms with van der Waals surface area (Å²) in [7, 11) is 2.02. The summed E-state index contributed by atoms with van der Waals surface area (Å²) in [5.74, 6) is 0.459. The van der Waals surface area contributed by atoms with Crippen LogP contribution >= 0.6 is 23.8 Å². The second-order valence-corrected chi connectivity index (χ2v) is 8.44. The average Bonchev–Trinajstić information content (AvgIpc) is 3.34. The molecule has 1 aliphatic rings. The molecule has 1 unspecified atom stereocenters. The Bertz CT molecular complexity index is 1040. The van der Waals surface area contributed by atoms with Crippen LogP contribution in [0.2, 0.25) is 5.02 Å². The Labute approximate surface area is 185 Å². The molecule has 4 rings (SSSR count). The highest BCUT2D eigenvalue weighted by molar-refractivity contribution is 7.71. The minimum atomic E-state index is -0.273. The molecule has 0 aliphatic carbocycles. The normalized spacial score (nSPS) is 16.5.